The Hall–Kier alpha value is -5.45. The van der Waals surface area contributed by atoms with Crippen molar-refractivity contribution in [3.05, 3.63) is 106 Å². The van der Waals surface area contributed by atoms with Crippen LogP contribution in [0.3, 0.4) is 0 Å². The van der Waals surface area contributed by atoms with Crippen molar-refractivity contribution >= 4 is 83.1 Å². The molecule has 3 aliphatic carbocycles. The number of hydrogen-bond donors (Lipinski definition) is 6. The summed E-state index contributed by atoms with van der Waals surface area (Å²) in [5.41, 5.74) is 2.24. The van der Waals surface area contributed by atoms with E-state index >= 15 is 0 Å². The van der Waals surface area contributed by atoms with E-state index in [2.05, 4.69) is 15.5 Å². The van der Waals surface area contributed by atoms with Gasteiger partial charge in [-0.1, -0.05) is 33.7 Å². The van der Waals surface area contributed by atoms with Crippen molar-refractivity contribution in [2.24, 2.45) is 15.5 Å². The minimum atomic E-state index is -4.28. The van der Waals surface area contributed by atoms with Crippen LogP contribution >= 0.6 is 0 Å². The predicted molar refractivity (Wildman–Crippen MR) is 182 cm³/mol. The normalized spacial score (nSPS) is 16.9. The summed E-state index contributed by atoms with van der Waals surface area (Å²) in [6.45, 7) is 0. The fraction of sp³-hybridized carbons (Fsp3) is 0. The monoisotopic (exact) mass is 818 g/mol. The van der Waals surface area contributed by atoms with E-state index in [4.69, 9.17) is 29.3 Å². The van der Waals surface area contributed by atoms with Gasteiger partial charge in [-0.15, -0.1) is 0 Å². The molecule has 0 atom stereocenters. The van der Waals surface area contributed by atoms with E-state index < -0.39 is 30.4 Å². The summed E-state index contributed by atoms with van der Waals surface area (Å²) < 4.78 is 92.2. The molecule has 0 saturated carbocycles. The van der Waals surface area contributed by atoms with Gasteiger partial charge in [-0.3, -0.25) is 28.0 Å². The van der Waals surface area contributed by atoms with Gasteiger partial charge in [0.1, 0.15) is 0 Å². The number of ketones is 3. The Morgan fingerprint density at radius 2 is 0.654 bits per heavy atom. The van der Waals surface area contributed by atoms with Gasteiger partial charge in [-0.25, -0.2) is 0 Å². The third-order valence-electron chi connectivity index (χ3n) is 7.02. The topological polar surface area (TPSA) is 325 Å². The molecule has 22 heteroatoms. The molecule has 9 N–H and O–H groups in total. The molecule has 0 amide bonds. The molecule has 0 unspecified atom stereocenters. The van der Waals surface area contributed by atoms with E-state index in [9.17, 15) is 39.6 Å². The molecule has 272 valence electrons. The fourth-order valence-electron chi connectivity index (χ4n) is 4.64. The van der Waals surface area contributed by atoms with E-state index in [1.807, 2.05) is 0 Å². The summed E-state index contributed by atoms with van der Waals surface area (Å²) in [6.07, 6.45) is 8.16. The molecule has 0 aromatic heterocycles. The van der Waals surface area contributed by atoms with Crippen LogP contribution in [0.2, 0.25) is 0 Å². The average molecular weight is 819 g/mol. The van der Waals surface area contributed by atoms with Gasteiger partial charge in [0, 0.05) is 52.0 Å². The first-order valence-electron chi connectivity index (χ1n) is 13.5. The Labute approximate surface area is 304 Å². The summed E-state index contributed by atoms with van der Waals surface area (Å²) in [6, 6.07) is 11.2. The summed E-state index contributed by atoms with van der Waals surface area (Å²) >= 11 is 0. The number of allylic oxidation sites excluding steroid dienone is 3. The van der Waals surface area contributed by atoms with Crippen molar-refractivity contribution in [3.63, 3.8) is 0 Å². The molecule has 0 heterocycles. The van der Waals surface area contributed by atoms with Gasteiger partial charge >= 0.3 is 17.3 Å². The molecule has 3 aromatic rings. The van der Waals surface area contributed by atoms with Crippen molar-refractivity contribution in [1.29, 1.82) is 0 Å². The Morgan fingerprint density at radius 1 is 0.423 bits per heavy atom. The number of oxime groups is 3. The van der Waals surface area contributed by atoms with Crippen LogP contribution in [-0.4, -0.2) is 103 Å². The zero-order valence-corrected chi connectivity index (χ0v) is 29.1. The number of rotatable bonds is 3. The smallest absolute Gasteiger partial charge is 0.369 e. The van der Waals surface area contributed by atoms with Crippen LogP contribution in [0.25, 0.3) is 18.2 Å². The minimum absolute atomic E-state index is 0. The maximum absolute atomic E-state index is 10.9. The average Bonchev–Trinajstić information content (AvgIpc) is 3.07. The van der Waals surface area contributed by atoms with Gasteiger partial charge in [-0.05, 0) is 71.3 Å². The fourth-order valence-corrected chi connectivity index (χ4v) is 6.18. The van der Waals surface area contributed by atoms with Crippen molar-refractivity contribution in [2.45, 2.75) is 14.7 Å². The van der Waals surface area contributed by atoms with Gasteiger partial charge in [-0.2, -0.15) is 25.3 Å². The minimum Gasteiger partial charge on any atom is -0.410 e. The molecule has 3 aliphatic rings. The number of hydrogen-bond acceptors (Lipinski definition) is 12. The molecule has 0 aliphatic heterocycles. The predicted octanol–water partition coefficient (Wildman–Crippen LogP) is 2.05. The summed E-state index contributed by atoms with van der Waals surface area (Å²) in [5.74, 6) is -0.668. The van der Waals surface area contributed by atoms with Crippen LogP contribution in [0.5, 0.6) is 0 Å². The van der Waals surface area contributed by atoms with E-state index in [-0.39, 0.29) is 66.2 Å². The van der Waals surface area contributed by atoms with E-state index in [0.717, 1.165) is 18.2 Å². The van der Waals surface area contributed by atoms with Crippen LogP contribution in [-0.2, 0) is 47.4 Å². The summed E-state index contributed by atoms with van der Waals surface area (Å²) in [7, 11) is -12.8. The van der Waals surface area contributed by atoms with Crippen molar-refractivity contribution in [3.8, 4) is 0 Å². The van der Waals surface area contributed by atoms with Gasteiger partial charge < -0.3 is 15.6 Å². The first kappa shape index (κ1) is 41.0. The second-order valence-electron chi connectivity index (χ2n) is 10.2. The Morgan fingerprint density at radius 3 is 0.846 bits per heavy atom. The Kier molecular flexibility index (Phi) is 12.5. The zero-order valence-electron chi connectivity index (χ0n) is 25.6. The third kappa shape index (κ3) is 9.06. The van der Waals surface area contributed by atoms with Crippen LogP contribution in [0.4, 0.5) is 0 Å². The molecule has 0 radical (unpaired) electrons. The number of nitrogens with zero attached hydrogens (tertiary/aromatic N) is 3. The molecule has 52 heavy (non-hydrogen) atoms. The third-order valence-corrected chi connectivity index (χ3v) is 9.57. The Balaban J connectivity index is 0.000000208. The van der Waals surface area contributed by atoms with Crippen molar-refractivity contribution in [1.82, 2.24) is 0 Å². The molecule has 0 saturated heterocycles. The molecule has 0 fully saturated rings. The van der Waals surface area contributed by atoms with Gasteiger partial charge in [0.2, 0.25) is 17.1 Å². The molecule has 6 rings (SSSR count). The van der Waals surface area contributed by atoms with Crippen molar-refractivity contribution in [2.75, 3.05) is 0 Å². The molecule has 3 aromatic carbocycles. The first-order chi connectivity index (χ1) is 23.8. The summed E-state index contributed by atoms with van der Waals surface area (Å²) in [4.78, 5) is 27.5. The molecule has 18 nitrogen and oxygen atoms in total. The SMILES string of the molecule is O=S(=O)(O)c1ccc2c(c1)C=CC(=[OH+])C2=NO.O=S(=O)(O)c1ccc2c(c1)C=CC(=[OH+])C2=NO.O=S(=O)(O)c1ccc2c(c1)C=CC(=[OH+])C2=NO.[Fe]. The number of carbonyl (C=O) groups excluding carboxylic acids is 3. The first-order valence-corrected chi connectivity index (χ1v) is 17.9. The quantitative estimate of drug-likeness (QED) is 0.0727. The zero-order chi connectivity index (χ0) is 37.9. The van der Waals surface area contributed by atoms with Crippen LogP contribution < -0.4 is 0 Å². The molecular formula is C30H24FeN3O15S3+3. The second kappa shape index (κ2) is 15.8. The largest absolute Gasteiger partial charge is 0.410 e. The van der Waals surface area contributed by atoms with Gasteiger partial charge in [0.25, 0.3) is 30.4 Å². The van der Waals surface area contributed by atoms with Gasteiger partial charge in [0.05, 0.1) is 14.7 Å². The molecule has 0 bridgehead atoms. The van der Waals surface area contributed by atoms with Crippen LogP contribution in [0, 0.1) is 0 Å². The maximum atomic E-state index is 10.9. The van der Waals surface area contributed by atoms with Crippen LogP contribution in [0.1, 0.15) is 33.4 Å². The van der Waals surface area contributed by atoms with Gasteiger partial charge in [0.15, 0.2) is 0 Å². The maximum Gasteiger partial charge on any atom is 0.369 e. The van der Waals surface area contributed by atoms with E-state index in [1.54, 1.807) is 0 Å². The Bertz CT molecular complexity index is 2260. The standard InChI is InChI=1S/3C10H7NO5S.Fe/c3*12-9-4-1-6-5-7(17(14,15)16)2-3-8(6)10(9)11-13;/h3*1-5,13H,(H,14,15,16);/p+3. The van der Waals surface area contributed by atoms with Crippen molar-refractivity contribution < 1.29 is 86.0 Å². The number of benzene rings is 3. The van der Waals surface area contributed by atoms with E-state index in [0.29, 0.717) is 33.4 Å². The van der Waals surface area contributed by atoms with E-state index in [1.165, 1.54) is 72.9 Å². The molecular weight excluding hydrogens is 794 g/mol. The second-order valence-corrected chi connectivity index (χ2v) is 14.4. The number of fused-ring (bicyclic) bond motifs is 3. The van der Waals surface area contributed by atoms with Crippen LogP contribution in [0.15, 0.2) is 103 Å². The molecule has 0 spiro atoms. The summed E-state index contributed by atoms with van der Waals surface area (Å²) in [5, 5.41) is 35.0.